The second-order valence-electron chi connectivity index (χ2n) is 7.70. The number of hydrogen-bond acceptors (Lipinski definition) is 3. The minimum Gasteiger partial charge on any atom is -0.497 e. The van der Waals surface area contributed by atoms with Crippen LogP contribution in [0.5, 0.6) is 5.75 Å². The monoisotopic (exact) mass is 395 g/mol. The SMILES string of the molecule is COc1ccc(NC(=O)c2cccc(C3CCCN(C(=O)NC(C)C)C3)c2)cc1. The number of carbonyl (C=O) groups is 2. The van der Waals surface area contributed by atoms with E-state index >= 15 is 0 Å². The molecule has 0 aromatic heterocycles. The zero-order valence-corrected chi connectivity index (χ0v) is 17.3. The molecular weight excluding hydrogens is 366 g/mol. The number of amides is 3. The van der Waals surface area contributed by atoms with Gasteiger partial charge in [0.2, 0.25) is 0 Å². The number of urea groups is 1. The Labute approximate surface area is 172 Å². The summed E-state index contributed by atoms with van der Waals surface area (Å²) in [7, 11) is 1.61. The second kappa shape index (κ2) is 9.45. The van der Waals surface area contributed by atoms with Crippen LogP contribution in [0.1, 0.15) is 48.5 Å². The summed E-state index contributed by atoms with van der Waals surface area (Å²) in [6.45, 7) is 5.36. The number of hydrogen-bond donors (Lipinski definition) is 2. The molecule has 1 unspecified atom stereocenters. The van der Waals surface area contributed by atoms with Crippen molar-refractivity contribution >= 4 is 17.6 Å². The molecular formula is C23H29N3O3. The van der Waals surface area contributed by atoms with E-state index in [0.29, 0.717) is 12.1 Å². The van der Waals surface area contributed by atoms with Crippen molar-refractivity contribution in [2.45, 2.75) is 38.6 Å². The first-order chi connectivity index (χ1) is 14.0. The molecule has 1 fully saturated rings. The molecule has 2 aromatic rings. The predicted molar refractivity (Wildman–Crippen MR) is 115 cm³/mol. The van der Waals surface area contributed by atoms with Crippen molar-refractivity contribution < 1.29 is 14.3 Å². The van der Waals surface area contributed by atoms with Crippen LogP contribution in [0.25, 0.3) is 0 Å². The molecule has 3 amide bonds. The van der Waals surface area contributed by atoms with Crippen molar-refractivity contribution in [1.82, 2.24) is 10.2 Å². The Morgan fingerprint density at radius 3 is 2.59 bits per heavy atom. The smallest absolute Gasteiger partial charge is 0.317 e. The molecule has 3 rings (SSSR count). The number of methoxy groups -OCH3 is 1. The maximum Gasteiger partial charge on any atom is 0.317 e. The van der Waals surface area contributed by atoms with Crippen LogP contribution in [0.15, 0.2) is 48.5 Å². The molecule has 0 bridgehead atoms. The fraction of sp³-hybridized carbons (Fsp3) is 0.391. The van der Waals surface area contributed by atoms with Gasteiger partial charge in [0.25, 0.3) is 5.91 Å². The minimum atomic E-state index is -0.151. The van der Waals surface area contributed by atoms with E-state index in [-0.39, 0.29) is 23.9 Å². The summed E-state index contributed by atoms with van der Waals surface area (Å²) < 4.78 is 5.14. The van der Waals surface area contributed by atoms with E-state index in [0.717, 1.165) is 36.4 Å². The van der Waals surface area contributed by atoms with Crippen LogP contribution in [0.3, 0.4) is 0 Å². The summed E-state index contributed by atoms with van der Waals surface area (Å²) in [6.07, 6.45) is 1.97. The Bertz CT molecular complexity index is 849. The highest BCUT2D eigenvalue weighted by Crippen LogP contribution is 2.28. The summed E-state index contributed by atoms with van der Waals surface area (Å²) in [4.78, 5) is 26.9. The highest BCUT2D eigenvalue weighted by molar-refractivity contribution is 6.04. The first-order valence-electron chi connectivity index (χ1n) is 10.1. The van der Waals surface area contributed by atoms with Gasteiger partial charge >= 0.3 is 6.03 Å². The second-order valence-corrected chi connectivity index (χ2v) is 7.70. The number of likely N-dealkylation sites (tertiary alicyclic amines) is 1. The third-order valence-electron chi connectivity index (χ3n) is 5.09. The zero-order valence-electron chi connectivity index (χ0n) is 17.3. The molecule has 0 radical (unpaired) electrons. The van der Waals surface area contributed by atoms with Crippen LogP contribution < -0.4 is 15.4 Å². The van der Waals surface area contributed by atoms with E-state index in [9.17, 15) is 9.59 Å². The molecule has 0 aliphatic carbocycles. The summed E-state index contributed by atoms with van der Waals surface area (Å²) in [5, 5.41) is 5.88. The highest BCUT2D eigenvalue weighted by atomic mass is 16.5. The number of benzene rings is 2. The fourth-order valence-electron chi connectivity index (χ4n) is 3.58. The first-order valence-corrected chi connectivity index (χ1v) is 10.1. The van der Waals surface area contributed by atoms with Gasteiger partial charge in [-0.25, -0.2) is 4.79 Å². The molecule has 2 aromatic carbocycles. The van der Waals surface area contributed by atoms with E-state index in [2.05, 4.69) is 10.6 Å². The molecule has 1 saturated heterocycles. The Kier molecular flexibility index (Phi) is 6.75. The third-order valence-corrected chi connectivity index (χ3v) is 5.09. The number of piperidine rings is 1. The van der Waals surface area contributed by atoms with Crippen molar-refractivity contribution in [3.63, 3.8) is 0 Å². The van der Waals surface area contributed by atoms with Crippen LogP contribution >= 0.6 is 0 Å². The van der Waals surface area contributed by atoms with Gasteiger partial charge in [-0.3, -0.25) is 4.79 Å². The van der Waals surface area contributed by atoms with Gasteiger partial charge < -0.3 is 20.3 Å². The lowest BCUT2D eigenvalue weighted by molar-refractivity contribution is 0.102. The number of carbonyl (C=O) groups excluding carboxylic acids is 2. The lowest BCUT2D eigenvalue weighted by Gasteiger charge is -2.33. The number of anilines is 1. The van der Waals surface area contributed by atoms with Gasteiger partial charge in [0.1, 0.15) is 5.75 Å². The molecule has 6 nitrogen and oxygen atoms in total. The van der Waals surface area contributed by atoms with Gasteiger partial charge in [-0.1, -0.05) is 12.1 Å². The van der Waals surface area contributed by atoms with Crippen molar-refractivity contribution in [3.8, 4) is 5.75 Å². The van der Waals surface area contributed by atoms with E-state index in [1.54, 1.807) is 7.11 Å². The molecule has 0 spiro atoms. The van der Waals surface area contributed by atoms with Crippen molar-refractivity contribution in [1.29, 1.82) is 0 Å². The van der Waals surface area contributed by atoms with Crippen molar-refractivity contribution in [3.05, 3.63) is 59.7 Å². The molecule has 29 heavy (non-hydrogen) atoms. The molecule has 1 heterocycles. The Balaban J connectivity index is 1.68. The number of nitrogens with zero attached hydrogens (tertiary/aromatic N) is 1. The highest BCUT2D eigenvalue weighted by Gasteiger charge is 2.25. The number of ether oxygens (including phenoxy) is 1. The number of rotatable bonds is 5. The van der Waals surface area contributed by atoms with Gasteiger partial charge in [-0.2, -0.15) is 0 Å². The maximum absolute atomic E-state index is 12.7. The largest absolute Gasteiger partial charge is 0.497 e. The predicted octanol–water partition coefficient (Wildman–Crippen LogP) is 4.24. The molecule has 6 heteroatoms. The van der Waals surface area contributed by atoms with Crippen LogP contribution in [-0.4, -0.2) is 43.1 Å². The standard InChI is InChI=1S/C23H29N3O3/c1-16(2)24-23(28)26-13-5-8-19(15-26)17-6-4-7-18(14-17)22(27)25-20-9-11-21(29-3)12-10-20/h4,6-7,9-12,14,16,19H,5,8,13,15H2,1-3H3,(H,24,28)(H,25,27). The van der Waals surface area contributed by atoms with E-state index in [1.807, 2.05) is 67.3 Å². The third kappa shape index (κ3) is 5.50. The Morgan fingerprint density at radius 1 is 1.14 bits per heavy atom. The van der Waals surface area contributed by atoms with E-state index in [4.69, 9.17) is 4.74 Å². The van der Waals surface area contributed by atoms with Crippen LogP contribution in [0.2, 0.25) is 0 Å². The molecule has 0 saturated carbocycles. The Morgan fingerprint density at radius 2 is 1.90 bits per heavy atom. The van der Waals surface area contributed by atoms with Crippen molar-refractivity contribution in [2.24, 2.45) is 0 Å². The molecule has 2 N–H and O–H groups in total. The van der Waals surface area contributed by atoms with Gasteiger partial charge in [-0.05, 0) is 68.7 Å². The number of nitrogens with one attached hydrogen (secondary N) is 2. The first kappa shape index (κ1) is 20.7. The molecule has 1 aliphatic heterocycles. The molecule has 1 aliphatic rings. The van der Waals surface area contributed by atoms with Crippen LogP contribution in [-0.2, 0) is 0 Å². The van der Waals surface area contributed by atoms with Gasteiger partial charge in [0, 0.05) is 36.3 Å². The van der Waals surface area contributed by atoms with Gasteiger partial charge in [0.15, 0.2) is 0 Å². The summed E-state index contributed by atoms with van der Waals surface area (Å²) in [6, 6.07) is 15.0. The van der Waals surface area contributed by atoms with E-state index in [1.165, 1.54) is 0 Å². The van der Waals surface area contributed by atoms with Gasteiger partial charge in [-0.15, -0.1) is 0 Å². The normalized spacial score (nSPS) is 16.4. The zero-order chi connectivity index (χ0) is 20.8. The quantitative estimate of drug-likeness (QED) is 0.795. The Hall–Kier alpha value is -3.02. The minimum absolute atomic E-state index is 0.0156. The summed E-state index contributed by atoms with van der Waals surface area (Å²) in [5.41, 5.74) is 2.42. The fourth-order valence-corrected chi connectivity index (χ4v) is 3.58. The maximum atomic E-state index is 12.7. The van der Waals surface area contributed by atoms with E-state index < -0.39 is 0 Å². The lowest BCUT2D eigenvalue weighted by atomic mass is 9.89. The van der Waals surface area contributed by atoms with Crippen LogP contribution in [0, 0.1) is 0 Å². The summed E-state index contributed by atoms with van der Waals surface area (Å²) in [5.74, 6) is 0.825. The van der Waals surface area contributed by atoms with Crippen molar-refractivity contribution in [2.75, 3.05) is 25.5 Å². The topological polar surface area (TPSA) is 70.7 Å². The molecule has 154 valence electrons. The molecule has 1 atom stereocenters. The average molecular weight is 396 g/mol. The van der Waals surface area contributed by atoms with Gasteiger partial charge in [0.05, 0.1) is 7.11 Å². The van der Waals surface area contributed by atoms with Crippen LogP contribution in [0.4, 0.5) is 10.5 Å². The average Bonchev–Trinajstić information content (AvgIpc) is 2.74. The summed E-state index contributed by atoms with van der Waals surface area (Å²) >= 11 is 0. The lowest BCUT2D eigenvalue weighted by Crippen LogP contribution is -2.47.